The maximum Gasteiger partial charge on any atom is 0.416 e. The number of nitrogens with one attached hydrogen (secondary N) is 1. The van der Waals surface area contributed by atoms with Crippen molar-refractivity contribution in [2.75, 3.05) is 26.2 Å². The largest absolute Gasteiger partial charge is 0.416 e. The van der Waals surface area contributed by atoms with Gasteiger partial charge < -0.3 is 14.7 Å². The van der Waals surface area contributed by atoms with Crippen LogP contribution in [0.5, 0.6) is 0 Å². The van der Waals surface area contributed by atoms with Gasteiger partial charge in [0, 0.05) is 37.8 Å². The average molecular weight is 423 g/mol. The number of hydrogen-bond acceptors (Lipinski definition) is 6. The Labute approximate surface area is 170 Å². The van der Waals surface area contributed by atoms with Crippen LogP contribution in [0, 0.1) is 0 Å². The minimum absolute atomic E-state index is 0.0849. The molecule has 2 aliphatic rings. The first kappa shape index (κ1) is 20.3. The van der Waals surface area contributed by atoms with E-state index in [9.17, 15) is 22.8 Å². The van der Waals surface area contributed by atoms with Gasteiger partial charge in [0.05, 0.1) is 12.1 Å². The molecule has 11 heteroatoms. The molecule has 2 fully saturated rings. The average Bonchev–Trinajstić information content (AvgIpc) is 3.42. The van der Waals surface area contributed by atoms with E-state index in [0.29, 0.717) is 32.7 Å². The third-order valence-corrected chi connectivity index (χ3v) is 5.04. The molecule has 0 spiro atoms. The molecule has 2 heterocycles. The molecule has 30 heavy (non-hydrogen) atoms. The lowest BCUT2D eigenvalue weighted by atomic mass is 10.1. The molecule has 0 unspecified atom stereocenters. The first-order valence-corrected chi connectivity index (χ1v) is 9.62. The Morgan fingerprint density at radius 3 is 2.57 bits per heavy atom. The maximum absolute atomic E-state index is 12.9. The first-order valence-electron chi connectivity index (χ1n) is 9.62. The van der Waals surface area contributed by atoms with Crippen LogP contribution in [0.15, 0.2) is 28.8 Å². The molecular formula is C19H20F3N5O3. The van der Waals surface area contributed by atoms with E-state index in [1.807, 2.05) is 4.90 Å². The van der Waals surface area contributed by atoms with Gasteiger partial charge in [-0.25, -0.2) is 0 Å². The van der Waals surface area contributed by atoms with Crippen molar-refractivity contribution in [2.24, 2.45) is 0 Å². The van der Waals surface area contributed by atoms with Crippen LogP contribution in [0.4, 0.5) is 13.2 Å². The van der Waals surface area contributed by atoms with E-state index in [1.54, 1.807) is 0 Å². The molecule has 1 aliphatic carbocycles. The van der Waals surface area contributed by atoms with Gasteiger partial charge >= 0.3 is 18.0 Å². The lowest BCUT2D eigenvalue weighted by molar-refractivity contribution is -0.147. The molecule has 1 saturated carbocycles. The number of hydrogen-bond donors (Lipinski definition) is 1. The van der Waals surface area contributed by atoms with Crippen LogP contribution in [0.3, 0.4) is 0 Å². The SMILES string of the molecule is O=C(NC1CC1)C(=O)N1CCN(Cc2nc(-c3cccc(C(F)(F)F)c3)no2)CC1. The van der Waals surface area contributed by atoms with Crippen molar-refractivity contribution < 1.29 is 27.3 Å². The van der Waals surface area contributed by atoms with E-state index < -0.39 is 23.6 Å². The number of aromatic nitrogens is 2. The Balaban J connectivity index is 1.32. The van der Waals surface area contributed by atoms with E-state index in [4.69, 9.17) is 4.52 Å². The van der Waals surface area contributed by atoms with E-state index >= 15 is 0 Å². The number of halogens is 3. The lowest BCUT2D eigenvalue weighted by Gasteiger charge is -2.33. The van der Waals surface area contributed by atoms with Crippen molar-refractivity contribution in [3.63, 3.8) is 0 Å². The fourth-order valence-electron chi connectivity index (χ4n) is 3.19. The Morgan fingerprint density at radius 2 is 1.90 bits per heavy atom. The normalized spacial score (nSPS) is 17.8. The number of carbonyl (C=O) groups is 2. The van der Waals surface area contributed by atoms with Crippen LogP contribution in [-0.4, -0.2) is 64.0 Å². The first-order chi connectivity index (χ1) is 14.3. The van der Waals surface area contributed by atoms with Crippen LogP contribution in [0.25, 0.3) is 11.4 Å². The standard InChI is InChI=1S/C19H20F3N5O3/c20-19(21,22)13-3-1-2-12(10-13)16-24-15(30-25-16)11-26-6-8-27(9-7-26)18(29)17(28)23-14-4-5-14/h1-3,10,14H,4-9,11H2,(H,23,28). The summed E-state index contributed by atoms with van der Waals surface area (Å²) < 4.78 is 43.8. The van der Waals surface area contributed by atoms with Gasteiger partial charge in [-0.05, 0) is 25.0 Å². The molecule has 0 radical (unpaired) electrons. The monoisotopic (exact) mass is 423 g/mol. The van der Waals surface area contributed by atoms with Crippen LogP contribution in [0.1, 0.15) is 24.3 Å². The zero-order chi connectivity index (χ0) is 21.3. The second-order valence-corrected chi connectivity index (χ2v) is 7.41. The van der Waals surface area contributed by atoms with Gasteiger partial charge in [0.15, 0.2) is 0 Å². The number of benzene rings is 1. The van der Waals surface area contributed by atoms with Crippen LogP contribution in [0.2, 0.25) is 0 Å². The summed E-state index contributed by atoms with van der Waals surface area (Å²) in [4.78, 5) is 31.7. The van der Waals surface area contributed by atoms with Crippen molar-refractivity contribution in [1.82, 2.24) is 25.3 Å². The van der Waals surface area contributed by atoms with E-state index in [1.165, 1.54) is 17.0 Å². The number of piperazine rings is 1. The smallest absolute Gasteiger partial charge is 0.345 e. The predicted octanol–water partition coefficient (Wildman–Crippen LogP) is 1.68. The highest BCUT2D eigenvalue weighted by Crippen LogP contribution is 2.31. The minimum Gasteiger partial charge on any atom is -0.345 e. The molecule has 160 valence electrons. The third kappa shape index (κ3) is 4.78. The summed E-state index contributed by atoms with van der Waals surface area (Å²) in [6, 6.07) is 4.87. The van der Waals surface area contributed by atoms with Gasteiger partial charge in [-0.15, -0.1) is 0 Å². The Morgan fingerprint density at radius 1 is 1.17 bits per heavy atom. The zero-order valence-electron chi connectivity index (χ0n) is 16.0. The summed E-state index contributed by atoms with van der Waals surface area (Å²) in [6.07, 6.45) is -2.62. The topological polar surface area (TPSA) is 91.6 Å². The Hall–Kier alpha value is -2.95. The molecule has 2 aromatic rings. The van der Waals surface area contributed by atoms with Crippen molar-refractivity contribution in [1.29, 1.82) is 0 Å². The van der Waals surface area contributed by atoms with Gasteiger partial charge in [0.25, 0.3) is 0 Å². The summed E-state index contributed by atoms with van der Waals surface area (Å²) in [5.41, 5.74) is -0.560. The van der Waals surface area contributed by atoms with Gasteiger partial charge in [0.1, 0.15) is 0 Å². The van der Waals surface area contributed by atoms with E-state index in [-0.39, 0.29) is 23.3 Å². The molecule has 1 aliphatic heterocycles. The summed E-state index contributed by atoms with van der Waals surface area (Å²) in [6.45, 7) is 2.13. The molecule has 1 aromatic carbocycles. The number of rotatable bonds is 4. The van der Waals surface area contributed by atoms with Crippen LogP contribution in [-0.2, 0) is 22.3 Å². The molecule has 0 bridgehead atoms. The van der Waals surface area contributed by atoms with E-state index in [0.717, 1.165) is 25.0 Å². The molecule has 1 aromatic heterocycles. The molecule has 1 saturated heterocycles. The van der Waals surface area contributed by atoms with Gasteiger partial charge in [-0.3, -0.25) is 14.5 Å². The highest BCUT2D eigenvalue weighted by atomic mass is 19.4. The second-order valence-electron chi connectivity index (χ2n) is 7.41. The van der Waals surface area contributed by atoms with Crippen molar-refractivity contribution in [3.8, 4) is 11.4 Å². The highest BCUT2D eigenvalue weighted by molar-refractivity contribution is 6.35. The zero-order valence-corrected chi connectivity index (χ0v) is 16.0. The molecule has 2 amide bonds. The van der Waals surface area contributed by atoms with Crippen LogP contribution < -0.4 is 5.32 Å². The third-order valence-electron chi connectivity index (χ3n) is 5.04. The number of carbonyl (C=O) groups excluding carboxylic acids is 2. The number of nitrogens with zero attached hydrogens (tertiary/aromatic N) is 4. The number of amides is 2. The van der Waals surface area contributed by atoms with Gasteiger partial charge in [-0.1, -0.05) is 17.3 Å². The lowest BCUT2D eigenvalue weighted by Crippen LogP contribution is -2.52. The highest BCUT2D eigenvalue weighted by Gasteiger charge is 2.32. The second kappa shape index (κ2) is 8.05. The van der Waals surface area contributed by atoms with Gasteiger partial charge in [-0.2, -0.15) is 18.2 Å². The minimum atomic E-state index is -4.45. The number of alkyl halides is 3. The molecular weight excluding hydrogens is 403 g/mol. The Bertz CT molecular complexity index is 933. The van der Waals surface area contributed by atoms with Crippen molar-refractivity contribution in [2.45, 2.75) is 31.6 Å². The maximum atomic E-state index is 12.9. The van der Waals surface area contributed by atoms with Crippen LogP contribution >= 0.6 is 0 Å². The van der Waals surface area contributed by atoms with Gasteiger partial charge in [0.2, 0.25) is 11.7 Å². The quantitative estimate of drug-likeness (QED) is 0.753. The van der Waals surface area contributed by atoms with Crippen molar-refractivity contribution in [3.05, 3.63) is 35.7 Å². The fraction of sp³-hybridized carbons (Fsp3) is 0.474. The van der Waals surface area contributed by atoms with E-state index in [2.05, 4.69) is 15.5 Å². The summed E-state index contributed by atoms with van der Waals surface area (Å²) in [5, 5.41) is 6.46. The fourth-order valence-corrected chi connectivity index (χ4v) is 3.19. The summed E-state index contributed by atoms with van der Waals surface area (Å²) in [7, 11) is 0. The molecule has 1 N–H and O–H groups in total. The summed E-state index contributed by atoms with van der Waals surface area (Å²) >= 11 is 0. The Kier molecular flexibility index (Phi) is 5.46. The predicted molar refractivity (Wildman–Crippen MR) is 97.8 cm³/mol. The summed E-state index contributed by atoms with van der Waals surface area (Å²) in [5.74, 6) is -0.727. The van der Waals surface area contributed by atoms with Crippen molar-refractivity contribution >= 4 is 11.8 Å². The molecule has 0 atom stereocenters. The molecule has 4 rings (SSSR count). The molecule has 8 nitrogen and oxygen atoms in total.